The Morgan fingerprint density at radius 3 is 2.71 bits per heavy atom. The summed E-state index contributed by atoms with van der Waals surface area (Å²) < 4.78 is 4.91. The molecule has 1 aliphatic carbocycles. The molecule has 0 spiro atoms. The Morgan fingerprint density at radius 1 is 1.29 bits per heavy atom. The molecule has 1 N–H and O–H groups in total. The molecule has 1 saturated carbocycles. The van der Waals surface area contributed by atoms with Crippen LogP contribution >= 0.6 is 0 Å². The lowest BCUT2D eigenvalue weighted by Gasteiger charge is -2.16. The van der Waals surface area contributed by atoms with Crippen molar-refractivity contribution < 1.29 is 23.9 Å². The minimum absolute atomic E-state index is 0.0702. The van der Waals surface area contributed by atoms with Gasteiger partial charge in [0.15, 0.2) is 6.61 Å². The number of carbonyl (C=O) groups excluding carboxylic acids is 4. The molecule has 1 atom stereocenters. The number of esters is 1. The minimum atomic E-state index is -0.764. The number of nitrogens with one attached hydrogen (secondary N) is 1. The van der Waals surface area contributed by atoms with Gasteiger partial charge in [-0.3, -0.25) is 24.1 Å². The molecule has 1 heterocycles. The first-order chi connectivity index (χ1) is 11.5. The Balaban J connectivity index is 1.52. The number of ketones is 1. The lowest BCUT2D eigenvalue weighted by Crippen LogP contribution is -2.39. The molecule has 7 heteroatoms. The van der Waals surface area contributed by atoms with Crippen LogP contribution in [0, 0.1) is 5.92 Å². The number of nitrogens with zero attached hydrogens (tertiary/aromatic N) is 1. The minimum Gasteiger partial charge on any atom is -0.454 e. The van der Waals surface area contributed by atoms with E-state index in [9.17, 15) is 19.2 Å². The maximum absolute atomic E-state index is 12.0. The Morgan fingerprint density at radius 2 is 2.00 bits per heavy atom. The van der Waals surface area contributed by atoms with E-state index in [-0.39, 0.29) is 17.5 Å². The summed E-state index contributed by atoms with van der Waals surface area (Å²) in [5.41, 5.74) is 0.655. The molecule has 2 aliphatic rings. The largest absolute Gasteiger partial charge is 0.454 e. The third kappa shape index (κ3) is 3.29. The van der Waals surface area contributed by atoms with E-state index in [1.165, 1.54) is 6.07 Å². The highest BCUT2D eigenvalue weighted by Gasteiger charge is 2.36. The number of anilines is 1. The SMILES string of the molecule is C[C@H](NC(=O)COC(=O)CN1C(=O)C(=O)c2ccccc21)C1CC1. The van der Waals surface area contributed by atoms with E-state index in [0.29, 0.717) is 11.6 Å². The molecule has 1 fully saturated rings. The smallest absolute Gasteiger partial charge is 0.326 e. The molecule has 0 saturated heterocycles. The van der Waals surface area contributed by atoms with Crippen LogP contribution < -0.4 is 10.2 Å². The molecule has 2 amide bonds. The first kappa shape index (κ1) is 16.2. The zero-order valence-corrected chi connectivity index (χ0v) is 13.3. The van der Waals surface area contributed by atoms with Gasteiger partial charge in [-0.15, -0.1) is 0 Å². The Labute approximate surface area is 139 Å². The van der Waals surface area contributed by atoms with E-state index in [0.717, 1.165) is 17.7 Å². The van der Waals surface area contributed by atoms with Gasteiger partial charge in [-0.1, -0.05) is 12.1 Å². The summed E-state index contributed by atoms with van der Waals surface area (Å²) in [5, 5.41) is 2.77. The Hall–Kier alpha value is -2.70. The average molecular weight is 330 g/mol. The summed E-state index contributed by atoms with van der Waals surface area (Å²) in [6.45, 7) is 1.13. The molecule has 0 bridgehead atoms. The van der Waals surface area contributed by atoms with Crippen molar-refractivity contribution in [2.45, 2.75) is 25.8 Å². The topological polar surface area (TPSA) is 92.8 Å². The summed E-state index contributed by atoms with van der Waals surface area (Å²) in [5.74, 6) is -2.00. The lowest BCUT2D eigenvalue weighted by atomic mass is 10.1. The van der Waals surface area contributed by atoms with Crippen LogP contribution in [0.1, 0.15) is 30.1 Å². The number of hydrogen-bond acceptors (Lipinski definition) is 5. The van der Waals surface area contributed by atoms with Crippen molar-refractivity contribution in [3.8, 4) is 0 Å². The standard InChI is InChI=1S/C17H18N2O5/c1-10(11-6-7-11)18-14(20)9-24-15(21)8-19-13-5-3-2-4-12(13)16(22)17(19)23/h2-5,10-11H,6-9H2,1H3,(H,18,20)/t10-/m0/s1. The third-order valence-electron chi connectivity index (χ3n) is 4.25. The van der Waals surface area contributed by atoms with Gasteiger partial charge in [-0.25, -0.2) is 0 Å². The number of para-hydroxylation sites is 1. The molecule has 3 rings (SSSR count). The van der Waals surface area contributed by atoms with Crippen molar-refractivity contribution in [3.05, 3.63) is 29.8 Å². The molecular formula is C17H18N2O5. The van der Waals surface area contributed by atoms with Crippen LogP contribution in [0.3, 0.4) is 0 Å². The summed E-state index contributed by atoms with van der Waals surface area (Å²) in [4.78, 5) is 48.5. The molecule has 0 radical (unpaired) electrons. The fraction of sp³-hybridized carbons (Fsp3) is 0.412. The molecular weight excluding hydrogens is 312 g/mol. The maximum Gasteiger partial charge on any atom is 0.326 e. The van der Waals surface area contributed by atoms with Crippen molar-refractivity contribution in [2.75, 3.05) is 18.1 Å². The normalized spacial score (nSPS) is 17.5. The van der Waals surface area contributed by atoms with Crippen LogP contribution in [0.2, 0.25) is 0 Å². The van der Waals surface area contributed by atoms with Crippen LogP contribution in [-0.4, -0.2) is 42.8 Å². The van der Waals surface area contributed by atoms with E-state index in [1.807, 2.05) is 6.92 Å². The number of benzene rings is 1. The molecule has 1 aromatic carbocycles. The summed E-state index contributed by atoms with van der Waals surface area (Å²) in [7, 11) is 0. The van der Waals surface area contributed by atoms with Crippen LogP contribution in [-0.2, 0) is 19.1 Å². The number of rotatable bonds is 6. The van der Waals surface area contributed by atoms with Crippen molar-refractivity contribution in [1.82, 2.24) is 5.32 Å². The van der Waals surface area contributed by atoms with Crippen LogP contribution in [0.5, 0.6) is 0 Å². The van der Waals surface area contributed by atoms with Crippen LogP contribution in [0.25, 0.3) is 0 Å². The predicted molar refractivity (Wildman–Crippen MR) is 84.4 cm³/mol. The molecule has 7 nitrogen and oxygen atoms in total. The highest BCUT2D eigenvalue weighted by Crippen LogP contribution is 2.32. The average Bonchev–Trinajstić information content (AvgIpc) is 3.38. The van der Waals surface area contributed by atoms with Gasteiger partial charge >= 0.3 is 5.97 Å². The van der Waals surface area contributed by atoms with Crippen molar-refractivity contribution in [2.24, 2.45) is 5.92 Å². The molecule has 0 aromatic heterocycles. The van der Waals surface area contributed by atoms with E-state index in [4.69, 9.17) is 4.74 Å². The number of amides is 2. The summed E-state index contributed by atoms with van der Waals surface area (Å²) in [6, 6.07) is 6.52. The molecule has 24 heavy (non-hydrogen) atoms. The fourth-order valence-electron chi connectivity index (χ4n) is 2.74. The molecule has 1 aromatic rings. The Bertz CT molecular complexity index is 711. The van der Waals surface area contributed by atoms with Gasteiger partial charge in [0, 0.05) is 6.04 Å². The van der Waals surface area contributed by atoms with E-state index < -0.39 is 30.8 Å². The van der Waals surface area contributed by atoms with Crippen LogP contribution in [0.15, 0.2) is 24.3 Å². The fourth-order valence-corrected chi connectivity index (χ4v) is 2.74. The second-order valence-corrected chi connectivity index (χ2v) is 6.09. The number of hydrogen-bond donors (Lipinski definition) is 1. The number of fused-ring (bicyclic) bond motifs is 1. The van der Waals surface area contributed by atoms with Crippen molar-refractivity contribution >= 4 is 29.3 Å². The zero-order valence-electron chi connectivity index (χ0n) is 13.3. The second-order valence-electron chi connectivity index (χ2n) is 6.09. The van der Waals surface area contributed by atoms with E-state index in [1.54, 1.807) is 18.2 Å². The molecule has 1 aliphatic heterocycles. The highest BCUT2D eigenvalue weighted by molar-refractivity contribution is 6.52. The van der Waals surface area contributed by atoms with Gasteiger partial charge in [0.05, 0.1) is 11.3 Å². The van der Waals surface area contributed by atoms with Gasteiger partial charge in [-0.05, 0) is 37.8 Å². The zero-order chi connectivity index (χ0) is 17.3. The molecule has 0 unspecified atom stereocenters. The lowest BCUT2D eigenvalue weighted by molar-refractivity contribution is -0.147. The molecule has 126 valence electrons. The monoisotopic (exact) mass is 330 g/mol. The first-order valence-corrected chi connectivity index (χ1v) is 7.87. The quantitative estimate of drug-likeness (QED) is 0.611. The van der Waals surface area contributed by atoms with Gasteiger partial charge in [0.25, 0.3) is 17.6 Å². The summed E-state index contributed by atoms with van der Waals surface area (Å²) in [6.07, 6.45) is 2.21. The number of ether oxygens (including phenoxy) is 1. The number of Topliss-reactive ketones (excluding diaryl/α,β-unsaturated/α-hetero) is 1. The second kappa shape index (κ2) is 6.43. The van der Waals surface area contributed by atoms with E-state index in [2.05, 4.69) is 5.32 Å². The van der Waals surface area contributed by atoms with E-state index >= 15 is 0 Å². The Kier molecular flexibility index (Phi) is 4.33. The van der Waals surface area contributed by atoms with Crippen LogP contribution in [0.4, 0.5) is 5.69 Å². The third-order valence-corrected chi connectivity index (χ3v) is 4.25. The maximum atomic E-state index is 12.0. The van der Waals surface area contributed by atoms with Crippen molar-refractivity contribution in [3.63, 3.8) is 0 Å². The highest BCUT2D eigenvalue weighted by atomic mass is 16.5. The van der Waals surface area contributed by atoms with Gasteiger partial charge in [-0.2, -0.15) is 0 Å². The van der Waals surface area contributed by atoms with Gasteiger partial charge in [0.1, 0.15) is 6.54 Å². The number of carbonyl (C=O) groups is 4. The van der Waals surface area contributed by atoms with Gasteiger partial charge < -0.3 is 10.1 Å². The van der Waals surface area contributed by atoms with Crippen molar-refractivity contribution in [1.29, 1.82) is 0 Å². The van der Waals surface area contributed by atoms with Gasteiger partial charge in [0.2, 0.25) is 0 Å². The summed E-state index contributed by atoms with van der Waals surface area (Å²) >= 11 is 0. The predicted octanol–water partition coefficient (Wildman–Crippen LogP) is 0.674. The first-order valence-electron chi connectivity index (χ1n) is 7.87.